The van der Waals surface area contributed by atoms with Crippen LogP contribution in [0.2, 0.25) is 0 Å². The predicted molar refractivity (Wildman–Crippen MR) is 95.6 cm³/mol. The molecule has 0 saturated carbocycles. The molecule has 2 rings (SSSR count). The molecule has 1 fully saturated rings. The molecule has 144 valence electrons. The highest BCUT2D eigenvalue weighted by molar-refractivity contribution is 5.66. The fourth-order valence-electron chi connectivity index (χ4n) is 3.15. The van der Waals surface area contributed by atoms with Crippen molar-refractivity contribution in [3.63, 3.8) is 0 Å². The number of halogens is 3. The van der Waals surface area contributed by atoms with Crippen LogP contribution in [0.15, 0.2) is 23.7 Å². The van der Waals surface area contributed by atoms with E-state index in [0.717, 1.165) is 11.3 Å². The summed E-state index contributed by atoms with van der Waals surface area (Å²) in [7, 11) is 0. The molecular formula is C18H26F3N5. The van der Waals surface area contributed by atoms with Gasteiger partial charge in [0.15, 0.2) is 0 Å². The highest BCUT2D eigenvalue weighted by Gasteiger charge is 2.41. The highest BCUT2D eigenvalue weighted by Crippen LogP contribution is 2.35. The normalized spacial score (nSPS) is 18.1. The van der Waals surface area contributed by atoms with Gasteiger partial charge in [-0.2, -0.15) is 13.2 Å². The summed E-state index contributed by atoms with van der Waals surface area (Å²) in [6.45, 7) is 6.10. The number of allylic oxidation sites excluding steroid dienone is 2. The number of aromatic nitrogens is 2. The van der Waals surface area contributed by atoms with E-state index in [0.29, 0.717) is 42.4 Å². The van der Waals surface area contributed by atoms with Gasteiger partial charge in [-0.15, -0.1) is 0 Å². The average molecular weight is 369 g/mol. The Balaban J connectivity index is 2.24. The van der Waals surface area contributed by atoms with Gasteiger partial charge in [0.2, 0.25) is 0 Å². The van der Waals surface area contributed by atoms with Crippen LogP contribution in [-0.2, 0) is 6.42 Å². The average Bonchev–Trinajstić information content (AvgIpc) is 2.58. The number of piperidine rings is 1. The van der Waals surface area contributed by atoms with Gasteiger partial charge in [0, 0.05) is 36.2 Å². The minimum atomic E-state index is -4.14. The van der Waals surface area contributed by atoms with E-state index in [2.05, 4.69) is 9.97 Å². The molecule has 1 aliphatic rings. The molecule has 26 heavy (non-hydrogen) atoms. The molecule has 1 aromatic heterocycles. The fourth-order valence-corrected chi connectivity index (χ4v) is 3.15. The maximum atomic E-state index is 12.9. The van der Waals surface area contributed by atoms with E-state index in [1.807, 2.05) is 18.7 Å². The van der Waals surface area contributed by atoms with Gasteiger partial charge in [0.25, 0.3) is 0 Å². The van der Waals surface area contributed by atoms with Crippen molar-refractivity contribution in [3.05, 3.63) is 40.7 Å². The van der Waals surface area contributed by atoms with Gasteiger partial charge < -0.3 is 16.4 Å². The molecular weight excluding hydrogens is 343 g/mol. The number of aryl methyl sites for hydroxylation is 2. The van der Waals surface area contributed by atoms with Crippen molar-refractivity contribution in [2.24, 2.45) is 17.4 Å². The minimum Gasteiger partial charge on any atom is -0.401 e. The Kier molecular flexibility index (Phi) is 6.15. The first-order chi connectivity index (χ1) is 12.1. The van der Waals surface area contributed by atoms with E-state index in [9.17, 15) is 13.2 Å². The SMILES string of the molecule is CCc1nc(C)ncc1/C(N)=C/C(=C(/C)N)N1CCC(C(F)(F)F)CC1. The fraction of sp³-hybridized carbons (Fsp3) is 0.556. The Bertz CT molecular complexity index is 697. The molecule has 0 aliphatic carbocycles. The summed E-state index contributed by atoms with van der Waals surface area (Å²) in [4.78, 5) is 10.5. The lowest BCUT2D eigenvalue weighted by molar-refractivity contribution is -0.184. The first-order valence-corrected chi connectivity index (χ1v) is 8.71. The van der Waals surface area contributed by atoms with Crippen molar-refractivity contribution in [2.45, 2.75) is 46.2 Å². The molecule has 0 amide bonds. The molecule has 0 atom stereocenters. The van der Waals surface area contributed by atoms with Crippen molar-refractivity contribution in [1.82, 2.24) is 14.9 Å². The van der Waals surface area contributed by atoms with Crippen LogP contribution in [0.5, 0.6) is 0 Å². The summed E-state index contributed by atoms with van der Waals surface area (Å²) in [5.41, 5.74) is 15.4. The first kappa shape index (κ1) is 20.1. The zero-order valence-corrected chi connectivity index (χ0v) is 15.4. The molecule has 0 spiro atoms. The number of likely N-dealkylation sites (tertiary alicyclic amines) is 1. The van der Waals surface area contributed by atoms with E-state index < -0.39 is 12.1 Å². The molecule has 1 aromatic rings. The van der Waals surface area contributed by atoms with Crippen LogP contribution in [0.1, 0.15) is 43.8 Å². The van der Waals surface area contributed by atoms with Crippen molar-refractivity contribution >= 4 is 5.70 Å². The number of alkyl halides is 3. The molecule has 0 radical (unpaired) electrons. The Morgan fingerprint density at radius 1 is 1.31 bits per heavy atom. The Morgan fingerprint density at radius 2 is 1.92 bits per heavy atom. The van der Waals surface area contributed by atoms with Crippen LogP contribution in [0.4, 0.5) is 13.2 Å². The summed E-state index contributed by atoms with van der Waals surface area (Å²) < 4.78 is 38.6. The van der Waals surface area contributed by atoms with Gasteiger partial charge in [0.1, 0.15) is 5.82 Å². The van der Waals surface area contributed by atoms with Crippen LogP contribution in [0.25, 0.3) is 5.70 Å². The molecule has 2 heterocycles. The number of hydrogen-bond acceptors (Lipinski definition) is 5. The van der Waals surface area contributed by atoms with Gasteiger partial charge in [-0.05, 0) is 39.2 Å². The number of nitrogens with zero attached hydrogens (tertiary/aromatic N) is 3. The molecule has 0 bridgehead atoms. The van der Waals surface area contributed by atoms with E-state index in [-0.39, 0.29) is 12.8 Å². The number of hydrogen-bond donors (Lipinski definition) is 2. The van der Waals surface area contributed by atoms with Gasteiger partial charge in [-0.1, -0.05) is 6.92 Å². The summed E-state index contributed by atoms with van der Waals surface area (Å²) in [6.07, 6.45) is 0.0648. The molecule has 1 saturated heterocycles. The maximum absolute atomic E-state index is 12.9. The maximum Gasteiger partial charge on any atom is 0.391 e. The molecule has 0 aromatic carbocycles. The molecule has 1 aliphatic heterocycles. The van der Waals surface area contributed by atoms with Crippen LogP contribution >= 0.6 is 0 Å². The van der Waals surface area contributed by atoms with Gasteiger partial charge in [-0.25, -0.2) is 9.97 Å². The second kappa shape index (κ2) is 7.97. The van der Waals surface area contributed by atoms with Crippen LogP contribution in [0, 0.1) is 12.8 Å². The minimum absolute atomic E-state index is 0.0574. The van der Waals surface area contributed by atoms with E-state index in [1.54, 1.807) is 19.2 Å². The summed E-state index contributed by atoms with van der Waals surface area (Å²) >= 11 is 0. The van der Waals surface area contributed by atoms with E-state index in [1.165, 1.54) is 0 Å². The lowest BCUT2D eigenvalue weighted by Gasteiger charge is -2.35. The van der Waals surface area contributed by atoms with Crippen molar-refractivity contribution in [1.29, 1.82) is 0 Å². The molecule has 4 N–H and O–H groups in total. The van der Waals surface area contributed by atoms with Crippen molar-refractivity contribution in [3.8, 4) is 0 Å². The summed E-state index contributed by atoms with van der Waals surface area (Å²) in [5, 5.41) is 0. The molecule has 0 unspecified atom stereocenters. The summed E-state index contributed by atoms with van der Waals surface area (Å²) in [6, 6.07) is 0. The van der Waals surface area contributed by atoms with Gasteiger partial charge in [-0.3, -0.25) is 0 Å². The second-order valence-corrected chi connectivity index (χ2v) is 6.60. The summed E-state index contributed by atoms with van der Waals surface area (Å²) in [5.74, 6) is -0.588. The largest absolute Gasteiger partial charge is 0.401 e. The van der Waals surface area contributed by atoms with Crippen LogP contribution in [-0.4, -0.2) is 34.1 Å². The Labute approximate surface area is 152 Å². The third kappa shape index (κ3) is 4.68. The standard InChI is InChI=1S/C18H26F3N5/c1-4-16-14(10-24-12(3)25-16)15(23)9-17(11(2)22)26-7-5-13(6-8-26)18(19,20)21/h9-10,13H,4-8,22-23H2,1-3H3/b15-9-,17-11+. The predicted octanol–water partition coefficient (Wildman–Crippen LogP) is 3.11. The highest BCUT2D eigenvalue weighted by atomic mass is 19.4. The van der Waals surface area contributed by atoms with E-state index in [4.69, 9.17) is 11.5 Å². The van der Waals surface area contributed by atoms with Gasteiger partial charge in [0.05, 0.1) is 17.3 Å². The van der Waals surface area contributed by atoms with Crippen molar-refractivity contribution in [2.75, 3.05) is 13.1 Å². The number of rotatable bonds is 4. The zero-order chi connectivity index (χ0) is 19.5. The first-order valence-electron chi connectivity index (χ1n) is 8.71. The lowest BCUT2D eigenvalue weighted by Crippen LogP contribution is -2.39. The Morgan fingerprint density at radius 3 is 2.42 bits per heavy atom. The third-order valence-corrected chi connectivity index (χ3v) is 4.63. The van der Waals surface area contributed by atoms with Crippen LogP contribution < -0.4 is 11.5 Å². The third-order valence-electron chi connectivity index (χ3n) is 4.63. The quantitative estimate of drug-likeness (QED) is 0.797. The molecule has 5 nitrogen and oxygen atoms in total. The monoisotopic (exact) mass is 369 g/mol. The smallest absolute Gasteiger partial charge is 0.391 e. The van der Waals surface area contributed by atoms with E-state index >= 15 is 0 Å². The topological polar surface area (TPSA) is 81.1 Å². The molecule has 8 heteroatoms. The Hall–Kier alpha value is -2.25. The van der Waals surface area contributed by atoms with Crippen LogP contribution in [0.3, 0.4) is 0 Å². The lowest BCUT2D eigenvalue weighted by atomic mass is 9.95. The zero-order valence-electron chi connectivity index (χ0n) is 15.4. The van der Waals surface area contributed by atoms with Crippen molar-refractivity contribution < 1.29 is 13.2 Å². The van der Waals surface area contributed by atoms with Gasteiger partial charge >= 0.3 is 6.18 Å². The number of nitrogens with two attached hydrogens (primary N) is 2. The second-order valence-electron chi connectivity index (χ2n) is 6.60.